The summed E-state index contributed by atoms with van der Waals surface area (Å²) in [5.74, 6) is 1.04. The minimum absolute atomic E-state index is 0.111. The van der Waals surface area contributed by atoms with Crippen LogP contribution in [0.3, 0.4) is 0 Å². The topological polar surface area (TPSA) is 81.7 Å². The van der Waals surface area contributed by atoms with Crippen molar-refractivity contribution in [3.63, 3.8) is 0 Å². The van der Waals surface area contributed by atoms with E-state index < -0.39 is 0 Å². The Morgan fingerprint density at radius 1 is 1.14 bits per heavy atom. The van der Waals surface area contributed by atoms with Crippen LogP contribution in [0.5, 0.6) is 5.75 Å². The highest BCUT2D eigenvalue weighted by molar-refractivity contribution is 5.91. The van der Waals surface area contributed by atoms with Gasteiger partial charge < -0.3 is 19.4 Å². The molecule has 0 spiro atoms. The van der Waals surface area contributed by atoms with Crippen LogP contribution in [0, 0.1) is 5.82 Å². The summed E-state index contributed by atoms with van der Waals surface area (Å²) < 4.78 is 23.8. The molecular weight excluding hydrogens is 363 g/mol. The molecule has 0 aliphatic heterocycles. The highest BCUT2D eigenvalue weighted by Crippen LogP contribution is 2.17. The smallest absolute Gasteiger partial charge is 0.279 e. The maximum Gasteiger partial charge on any atom is 0.279 e. The predicted molar refractivity (Wildman–Crippen MR) is 101 cm³/mol. The number of benzene rings is 2. The molecule has 2 N–H and O–H groups in total. The van der Waals surface area contributed by atoms with E-state index in [1.807, 2.05) is 6.92 Å². The van der Waals surface area contributed by atoms with Crippen molar-refractivity contribution in [3.8, 4) is 17.2 Å². The molecule has 0 fully saturated rings. The van der Waals surface area contributed by atoms with Crippen LogP contribution < -0.4 is 15.0 Å². The molecule has 1 unspecified atom stereocenters. The molecule has 8 heteroatoms. The van der Waals surface area contributed by atoms with Gasteiger partial charge in [0, 0.05) is 11.3 Å². The number of likely N-dealkylation sites (N-methyl/N-ethyl adjacent to an activating group) is 1. The number of methoxy groups -OCH3 is 1. The number of anilines is 1. The van der Waals surface area contributed by atoms with Gasteiger partial charge in [-0.1, -0.05) is 0 Å². The van der Waals surface area contributed by atoms with E-state index in [9.17, 15) is 9.18 Å². The van der Waals surface area contributed by atoms with Crippen molar-refractivity contribution < 1.29 is 23.2 Å². The molecule has 0 radical (unpaired) electrons. The van der Waals surface area contributed by atoms with Gasteiger partial charge in [-0.15, -0.1) is 10.2 Å². The second-order valence-corrected chi connectivity index (χ2v) is 6.24. The molecule has 0 saturated carbocycles. The summed E-state index contributed by atoms with van der Waals surface area (Å²) in [7, 11) is 1.59. The van der Waals surface area contributed by atoms with Gasteiger partial charge >= 0.3 is 0 Å². The SMILES string of the molecule is CC[NH+](CC(=O)Nc1ccc(OC)cc1)Cc1nnc(-c2ccc(F)cc2)o1. The predicted octanol–water partition coefficient (Wildman–Crippen LogP) is 1.93. The third-order valence-electron chi connectivity index (χ3n) is 4.24. The number of hydrogen-bond donors (Lipinski definition) is 2. The number of nitrogens with one attached hydrogen (secondary N) is 2. The van der Waals surface area contributed by atoms with Gasteiger partial charge in [0.15, 0.2) is 13.1 Å². The molecule has 0 bridgehead atoms. The zero-order valence-corrected chi connectivity index (χ0v) is 15.7. The highest BCUT2D eigenvalue weighted by atomic mass is 19.1. The number of nitrogens with zero attached hydrogens (tertiary/aromatic N) is 2. The van der Waals surface area contributed by atoms with Crippen molar-refractivity contribution in [3.05, 3.63) is 60.2 Å². The van der Waals surface area contributed by atoms with Gasteiger partial charge in [-0.3, -0.25) is 4.79 Å². The number of ether oxygens (including phenoxy) is 1. The Bertz CT molecular complexity index is 910. The fourth-order valence-electron chi connectivity index (χ4n) is 2.67. The molecule has 3 aromatic rings. The third-order valence-corrected chi connectivity index (χ3v) is 4.24. The number of quaternary nitrogens is 1. The van der Waals surface area contributed by atoms with Crippen LogP contribution in [0.1, 0.15) is 12.8 Å². The van der Waals surface area contributed by atoms with E-state index in [-0.39, 0.29) is 18.3 Å². The molecule has 1 amide bonds. The molecule has 1 heterocycles. The number of halogens is 1. The lowest BCUT2D eigenvalue weighted by Gasteiger charge is -2.15. The molecule has 146 valence electrons. The quantitative estimate of drug-likeness (QED) is 0.619. The summed E-state index contributed by atoms with van der Waals surface area (Å²) in [6, 6.07) is 13.0. The first-order chi connectivity index (χ1) is 13.6. The van der Waals surface area contributed by atoms with Crippen LogP contribution in [0.15, 0.2) is 52.9 Å². The van der Waals surface area contributed by atoms with Gasteiger partial charge in [0.1, 0.15) is 11.6 Å². The number of hydrogen-bond acceptors (Lipinski definition) is 5. The fraction of sp³-hybridized carbons (Fsp3) is 0.250. The van der Waals surface area contributed by atoms with Crippen molar-refractivity contribution in [1.82, 2.24) is 10.2 Å². The minimum Gasteiger partial charge on any atom is -0.497 e. The average molecular weight is 385 g/mol. The summed E-state index contributed by atoms with van der Waals surface area (Å²) in [6.45, 7) is 3.37. The van der Waals surface area contributed by atoms with E-state index in [0.717, 1.165) is 10.6 Å². The highest BCUT2D eigenvalue weighted by Gasteiger charge is 2.18. The monoisotopic (exact) mass is 385 g/mol. The first-order valence-corrected chi connectivity index (χ1v) is 8.93. The first-order valence-electron chi connectivity index (χ1n) is 8.93. The Balaban J connectivity index is 1.57. The fourth-order valence-corrected chi connectivity index (χ4v) is 2.67. The standard InChI is InChI=1S/C20H21FN4O3/c1-3-25(12-18(26)22-16-8-10-17(27-2)11-9-16)13-19-23-24-20(28-19)14-4-6-15(21)7-5-14/h4-11H,3,12-13H2,1-2H3,(H,22,26)/p+1. The normalized spacial score (nSPS) is 11.8. The van der Waals surface area contributed by atoms with Crippen LogP contribution in [0.25, 0.3) is 11.5 Å². The molecule has 1 aromatic heterocycles. The van der Waals surface area contributed by atoms with E-state index in [2.05, 4.69) is 15.5 Å². The zero-order chi connectivity index (χ0) is 19.9. The molecule has 0 aliphatic carbocycles. The van der Waals surface area contributed by atoms with Crippen LogP contribution in [-0.2, 0) is 11.3 Å². The number of aromatic nitrogens is 2. The number of amides is 1. The number of carbonyl (C=O) groups excluding carboxylic acids is 1. The molecule has 28 heavy (non-hydrogen) atoms. The van der Waals surface area contributed by atoms with Gasteiger partial charge in [-0.05, 0) is 55.5 Å². The van der Waals surface area contributed by atoms with E-state index in [1.165, 1.54) is 12.1 Å². The average Bonchev–Trinajstić information content (AvgIpc) is 3.17. The van der Waals surface area contributed by atoms with E-state index in [1.54, 1.807) is 43.5 Å². The van der Waals surface area contributed by atoms with Crippen LogP contribution in [0.2, 0.25) is 0 Å². The summed E-state index contributed by atoms with van der Waals surface area (Å²) in [5, 5.41) is 10.9. The van der Waals surface area contributed by atoms with Gasteiger partial charge in [0.2, 0.25) is 5.89 Å². The largest absolute Gasteiger partial charge is 0.497 e. The van der Waals surface area contributed by atoms with Crippen molar-refractivity contribution in [1.29, 1.82) is 0 Å². The number of rotatable bonds is 8. The second kappa shape index (κ2) is 9.09. The van der Waals surface area contributed by atoms with E-state index >= 15 is 0 Å². The van der Waals surface area contributed by atoms with Crippen LogP contribution in [-0.4, -0.2) is 36.3 Å². The Hall–Kier alpha value is -3.26. The maximum absolute atomic E-state index is 13.0. The van der Waals surface area contributed by atoms with Crippen molar-refractivity contribution in [2.75, 3.05) is 25.5 Å². The first kappa shape index (κ1) is 19.5. The molecular formula is C20H22FN4O3+. The zero-order valence-electron chi connectivity index (χ0n) is 15.7. The molecule has 3 rings (SSSR count). The molecule has 0 aliphatic rings. The molecule has 7 nitrogen and oxygen atoms in total. The Kier molecular flexibility index (Phi) is 6.33. The second-order valence-electron chi connectivity index (χ2n) is 6.24. The minimum atomic E-state index is -0.326. The summed E-state index contributed by atoms with van der Waals surface area (Å²) in [6.07, 6.45) is 0. The Morgan fingerprint density at radius 3 is 2.50 bits per heavy atom. The Morgan fingerprint density at radius 2 is 1.86 bits per heavy atom. The molecule has 1 atom stereocenters. The van der Waals surface area contributed by atoms with Crippen molar-refractivity contribution in [2.24, 2.45) is 0 Å². The van der Waals surface area contributed by atoms with E-state index in [0.29, 0.717) is 36.1 Å². The maximum atomic E-state index is 13.0. The van der Waals surface area contributed by atoms with Gasteiger partial charge in [0.25, 0.3) is 11.8 Å². The number of carbonyl (C=O) groups is 1. The lowest BCUT2D eigenvalue weighted by Crippen LogP contribution is -3.11. The van der Waals surface area contributed by atoms with Crippen LogP contribution in [0.4, 0.5) is 10.1 Å². The van der Waals surface area contributed by atoms with Gasteiger partial charge in [0.05, 0.1) is 13.7 Å². The summed E-state index contributed by atoms with van der Waals surface area (Å²) in [5.41, 5.74) is 1.35. The summed E-state index contributed by atoms with van der Waals surface area (Å²) in [4.78, 5) is 13.3. The summed E-state index contributed by atoms with van der Waals surface area (Å²) >= 11 is 0. The molecule has 0 saturated heterocycles. The van der Waals surface area contributed by atoms with Crippen molar-refractivity contribution >= 4 is 11.6 Å². The lowest BCUT2D eigenvalue weighted by molar-refractivity contribution is -0.905. The van der Waals surface area contributed by atoms with E-state index in [4.69, 9.17) is 9.15 Å². The van der Waals surface area contributed by atoms with Gasteiger partial charge in [-0.2, -0.15) is 0 Å². The lowest BCUT2D eigenvalue weighted by atomic mass is 10.2. The van der Waals surface area contributed by atoms with Crippen molar-refractivity contribution in [2.45, 2.75) is 13.5 Å². The Labute approximate surface area is 162 Å². The molecule has 2 aromatic carbocycles. The van der Waals surface area contributed by atoms with Crippen LogP contribution >= 0.6 is 0 Å². The third kappa shape index (κ3) is 5.14. The van der Waals surface area contributed by atoms with Gasteiger partial charge in [-0.25, -0.2) is 4.39 Å².